The van der Waals surface area contributed by atoms with Crippen molar-refractivity contribution in [1.82, 2.24) is 25.8 Å². The maximum atomic E-state index is 12.3. The second-order valence-electron chi connectivity index (χ2n) is 7.73. The maximum absolute atomic E-state index is 12.3. The van der Waals surface area contributed by atoms with E-state index in [2.05, 4.69) is 25.8 Å². The van der Waals surface area contributed by atoms with Crippen LogP contribution in [0.5, 0.6) is 5.75 Å². The number of hydrogen-bond acceptors (Lipinski definition) is 5. The highest BCUT2D eigenvalue weighted by Gasteiger charge is 2.12. The van der Waals surface area contributed by atoms with Gasteiger partial charge in [-0.2, -0.15) is 5.10 Å². The van der Waals surface area contributed by atoms with Gasteiger partial charge in [-0.25, -0.2) is 0 Å². The van der Waals surface area contributed by atoms with E-state index in [4.69, 9.17) is 4.74 Å². The van der Waals surface area contributed by atoms with E-state index in [0.717, 1.165) is 35.4 Å². The highest BCUT2D eigenvalue weighted by Crippen LogP contribution is 2.14. The molecule has 7 heteroatoms. The van der Waals surface area contributed by atoms with Crippen LogP contribution in [0.1, 0.15) is 35.7 Å². The van der Waals surface area contributed by atoms with E-state index in [0.29, 0.717) is 26.2 Å². The number of aromatic nitrogens is 3. The first-order valence-corrected chi connectivity index (χ1v) is 10.7. The molecule has 0 aliphatic carbocycles. The number of nitrogens with zero attached hydrogens (tertiary/aromatic N) is 2. The summed E-state index contributed by atoms with van der Waals surface area (Å²) in [5, 5.41) is 13.3. The topological polar surface area (TPSA) is 91.9 Å². The fraction of sp³-hybridized carbons (Fsp3) is 0.375. The van der Waals surface area contributed by atoms with Crippen molar-refractivity contribution >= 4 is 5.91 Å². The van der Waals surface area contributed by atoms with Gasteiger partial charge >= 0.3 is 0 Å². The number of amides is 1. The molecule has 31 heavy (non-hydrogen) atoms. The van der Waals surface area contributed by atoms with Gasteiger partial charge in [-0.15, -0.1) is 0 Å². The molecule has 1 atom stereocenters. The van der Waals surface area contributed by atoms with E-state index in [1.807, 2.05) is 56.4 Å². The average molecular weight is 422 g/mol. The number of rotatable bonds is 12. The lowest BCUT2D eigenvalue weighted by Crippen LogP contribution is -2.35. The highest BCUT2D eigenvalue weighted by molar-refractivity contribution is 5.78. The Morgan fingerprint density at radius 1 is 1.13 bits per heavy atom. The molecule has 1 amide bonds. The van der Waals surface area contributed by atoms with Gasteiger partial charge in [-0.3, -0.25) is 14.9 Å². The van der Waals surface area contributed by atoms with Gasteiger partial charge in [0.1, 0.15) is 12.4 Å². The smallest absolute Gasteiger partial charge is 0.224 e. The molecule has 2 heterocycles. The lowest BCUT2D eigenvalue weighted by molar-refractivity contribution is -0.124. The number of aryl methyl sites for hydroxylation is 2. The summed E-state index contributed by atoms with van der Waals surface area (Å²) in [6.07, 6.45) is 7.19. The molecule has 0 bridgehead atoms. The van der Waals surface area contributed by atoms with E-state index in [1.54, 1.807) is 12.4 Å². The van der Waals surface area contributed by atoms with Crippen molar-refractivity contribution in [2.75, 3.05) is 13.1 Å². The number of nitrogens with one attached hydrogen (secondary N) is 3. The number of aromatic amines is 1. The molecule has 164 valence electrons. The van der Waals surface area contributed by atoms with Gasteiger partial charge in [0.05, 0.1) is 6.20 Å². The predicted octanol–water partition coefficient (Wildman–Crippen LogP) is 3.17. The second kappa shape index (κ2) is 11.9. The summed E-state index contributed by atoms with van der Waals surface area (Å²) in [6.45, 7) is 6.49. The number of pyridine rings is 1. The van der Waals surface area contributed by atoms with Crippen molar-refractivity contribution in [2.24, 2.45) is 5.92 Å². The molecule has 0 saturated carbocycles. The molecule has 0 aliphatic rings. The fourth-order valence-electron chi connectivity index (χ4n) is 3.17. The molecule has 3 aromatic rings. The minimum atomic E-state index is -0.0846. The normalized spacial score (nSPS) is 11.8. The van der Waals surface area contributed by atoms with Crippen LogP contribution in [-0.2, 0) is 24.4 Å². The quantitative estimate of drug-likeness (QED) is 0.391. The first-order chi connectivity index (χ1) is 15.1. The Labute approximate surface area is 183 Å². The minimum absolute atomic E-state index is 0.0799. The van der Waals surface area contributed by atoms with Gasteiger partial charge < -0.3 is 15.4 Å². The third kappa shape index (κ3) is 7.53. The highest BCUT2D eigenvalue weighted by atomic mass is 16.5. The van der Waals surface area contributed by atoms with Gasteiger partial charge in [0, 0.05) is 43.6 Å². The third-order valence-corrected chi connectivity index (χ3v) is 5.16. The van der Waals surface area contributed by atoms with Crippen LogP contribution in [-0.4, -0.2) is 34.2 Å². The standard InChI is InChI=1S/C24H31N5O2/c1-18(24(30)27-11-3-4-22-16-28-29-19(22)2)14-26-15-20-5-7-23(8-6-20)31-17-21-9-12-25-13-10-21/h5-10,12-13,16,18,26H,3-4,11,14-15,17H2,1-2H3,(H,27,30)(H,28,29)/t18-/m0/s1. The Kier molecular flexibility index (Phi) is 8.60. The predicted molar refractivity (Wildman–Crippen MR) is 121 cm³/mol. The lowest BCUT2D eigenvalue weighted by atomic mass is 10.1. The molecule has 0 unspecified atom stereocenters. The summed E-state index contributed by atoms with van der Waals surface area (Å²) < 4.78 is 5.79. The van der Waals surface area contributed by atoms with Crippen LogP contribution in [0.3, 0.4) is 0 Å². The zero-order valence-corrected chi connectivity index (χ0v) is 18.2. The third-order valence-electron chi connectivity index (χ3n) is 5.16. The zero-order valence-electron chi connectivity index (χ0n) is 18.2. The fourth-order valence-corrected chi connectivity index (χ4v) is 3.17. The van der Waals surface area contributed by atoms with Crippen LogP contribution in [0, 0.1) is 12.8 Å². The number of H-pyrrole nitrogens is 1. The van der Waals surface area contributed by atoms with Gasteiger partial charge in [0.15, 0.2) is 0 Å². The summed E-state index contributed by atoms with van der Waals surface area (Å²) >= 11 is 0. The van der Waals surface area contributed by atoms with Crippen molar-refractivity contribution in [3.05, 3.63) is 77.4 Å². The van der Waals surface area contributed by atoms with Crippen molar-refractivity contribution in [3.63, 3.8) is 0 Å². The Morgan fingerprint density at radius 2 is 1.90 bits per heavy atom. The molecule has 3 N–H and O–H groups in total. The van der Waals surface area contributed by atoms with Crippen LogP contribution in [0.4, 0.5) is 0 Å². The van der Waals surface area contributed by atoms with Crippen LogP contribution >= 0.6 is 0 Å². The summed E-state index contributed by atoms with van der Waals surface area (Å²) in [5.74, 6) is 0.828. The minimum Gasteiger partial charge on any atom is -0.489 e. The molecule has 7 nitrogen and oxygen atoms in total. The van der Waals surface area contributed by atoms with Crippen molar-refractivity contribution < 1.29 is 9.53 Å². The summed E-state index contributed by atoms with van der Waals surface area (Å²) in [4.78, 5) is 16.3. The van der Waals surface area contributed by atoms with Gasteiger partial charge in [0.25, 0.3) is 0 Å². The SMILES string of the molecule is Cc1[nH]ncc1CCCNC(=O)[C@@H](C)CNCc1ccc(OCc2ccncc2)cc1. The number of benzene rings is 1. The molecule has 0 aliphatic heterocycles. The number of carbonyl (C=O) groups is 1. The Hall–Kier alpha value is -3.19. The van der Waals surface area contributed by atoms with Gasteiger partial charge in [-0.05, 0) is 60.7 Å². The van der Waals surface area contributed by atoms with Gasteiger partial charge in [0.2, 0.25) is 5.91 Å². The molecular formula is C24H31N5O2. The number of carbonyl (C=O) groups excluding carboxylic acids is 1. The second-order valence-corrected chi connectivity index (χ2v) is 7.73. The lowest BCUT2D eigenvalue weighted by Gasteiger charge is -2.13. The largest absolute Gasteiger partial charge is 0.489 e. The average Bonchev–Trinajstić information content (AvgIpc) is 3.21. The maximum Gasteiger partial charge on any atom is 0.224 e. The molecule has 0 saturated heterocycles. The van der Waals surface area contributed by atoms with Gasteiger partial charge in [-0.1, -0.05) is 19.1 Å². The van der Waals surface area contributed by atoms with Crippen molar-refractivity contribution in [2.45, 2.75) is 39.8 Å². The van der Waals surface area contributed by atoms with E-state index in [1.165, 1.54) is 5.56 Å². The molecule has 0 radical (unpaired) electrons. The summed E-state index contributed by atoms with van der Waals surface area (Å²) in [7, 11) is 0. The van der Waals surface area contributed by atoms with Crippen molar-refractivity contribution in [1.29, 1.82) is 0 Å². The summed E-state index contributed by atoms with van der Waals surface area (Å²) in [5.41, 5.74) is 4.54. The van der Waals surface area contributed by atoms with E-state index in [-0.39, 0.29) is 11.8 Å². The van der Waals surface area contributed by atoms with E-state index >= 15 is 0 Å². The molecule has 3 rings (SSSR count). The monoisotopic (exact) mass is 421 g/mol. The van der Waals surface area contributed by atoms with Crippen LogP contribution < -0.4 is 15.4 Å². The van der Waals surface area contributed by atoms with Crippen LogP contribution in [0.25, 0.3) is 0 Å². The number of hydrogen-bond donors (Lipinski definition) is 3. The Bertz CT molecular complexity index is 925. The van der Waals surface area contributed by atoms with E-state index in [9.17, 15) is 4.79 Å². The first-order valence-electron chi connectivity index (χ1n) is 10.7. The van der Waals surface area contributed by atoms with Crippen LogP contribution in [0.15, 0.2) is 55.0 Å². The molecular weight excluding hydrogens is 390 g/mol. The Morgan fingerprint density at radius 3 is 2.61 bits per heavy atom. The first kappa shape index (κ1) is 22.5. The molecule has 1 aromatic carbocycles. The number of ether oxygens (including phenoxy) is 1. The zero-order chi connectivity index (χ0) is 21.9. The van der Waals surface area contributed by atoms with Crippen molar-refractivity contribution in [3.8, 4) is 5.75 Å². The molecule has 0 spiro atoms. The summed E-state index contributed by atoms with van der Waals surface area (Å²) in [6, 6.07) is 11.9. The Balaban J connectivity index is 1.29. The van der Waals surface area contributed by atoms with Crippen LogP contribution in [0.2, 0.25) is 0 Å². The van der Waals surface area contributed by atoms with E-state index < -0.39 is 0 Å². The molecule has 0 fully saturated rings. The molecule has 2 aromatic heterocycles.